The Morgan fingerprint density at radius 1 is 1.50 bits per heavy atom. The highest BCUT2D eigenvalue weighted by Crippen LogP contribution is 2.17. The van der Waals surface area contributed by atoms with Crippen LogP contribution in [0.15, 0.2) is 18.2 Å². The molecule has 0 fully saturated rings. The zero-order chi connectivity index (χ0) is 13.9. The van der Waals surface area contributed by atoms with E-state index in [1.54, 1.807) is 20.8 Å². The van der Waals surface area contributed by atoms with Gasteiger partial charge in [-0.2, -0.15) is 0 Å². The van der Waals surface area contributed by atoms with Crippen LogP contribution >= 0.6 is 0 Å². The Bertz CT molecular complexity index is 483. The van der Waals surface area contributed by atoms with E-state index < -0.39 is 10.5 Å². The maximum absolute atomic E-state index is 11.9. The molecule has 0 spiro atoms. The van der Waals surface area contributed by atoms with Gasteiger partial charge in [0.25, 0.3) is 11.6 Å². The summed E-state index contributed by atoms with van der Waals surface area (Å²) in [6.45, 7) is 4.82. The highest BCUT2D eigenvalue weighted by molar-refractivity contribution is 5.96. The van der Waals surface area contributed by atoms with Crippen LogP contribution < -0.4 is 5.32 Å². The van der Waals surface area contributed by atoms with Gasteiger partial charge < -0.3 is 10.4 Å². The lowest BCUT2D eigenvalue weighted by Crippen LogP contribution is -2.46. The van der Waals surface area contributed by atoms with E-state index in [1.165, 1.54) is 18.2 Å². The van der Waals surface area contributed by atoms with E-state index in [4.69, 9.17) is 5.11 Å². The Morgan fingerprint density at radius 2 is 2.11 bits per heavy atom. The molecule has 0 atom stereocenters. The molecule has 0 aliphatic carbocycles. The molecule has 0 heterocycles. The number of nitro benzene ring substituents is 1. The average molecular weight is 252 g/mol. The van der Waals surface area contributed by atoms with E-state index in [0.717, 1.165) is 0 Å². The molecular weight excluding hydrogens is 236 g/mol. The van der Waals surface area contributed by atoms with Crippen LogP contribution in [0.1, 0.15) is 29.8 Å². The van der Waals surface area contributed by atoms with Gasteiger partial charge in [-0.15, -0.1) is 0 Å². The Balaban J connectivity index is 2.97. The predicted octanol–water partition coefficient (Wildman–Crippen LogP) is 1.40. The Hall–Kier alpha value is -1.95. The van der Waals surface area contributed by atoms with Crippen molar-refractivity contribution < 1.29 is 14.8 Å². The number of hydrogen-bond acceptors (Lipinski definition) is 4. The van der Waals surface area contributed by atoms with Gasteiger partial charge in [0.15, 0.2) is 0 Å². The molecule has 0 radical (unpaired) electrons. The standard InChI is InChI=1S/C12H16N2O4/c1-8-6-9(14(17)18)4-5-10(8)11(16)13-12(2,3)7-15/h4-6,15H,7H2,1-3H3,(H,13,16). The van der Waals surface area contributed by atoms with Crippen molar-refractivity contribution in [3.8, 4) is 0 Å². The summed E-state index contributed by atoms with van der Waals surface area (Å²) in [6.07, 6.45) is 0. The maximum Gasteiger partial charge on any atom is 0.269 e. The Labute approximate surface area is 105 Å². The van der Waals surface area contributed by atoms with Crippen LogP contribution in [0, 0.1) is 17.0 Å². The molecule has 1 amide bonds. The summed E-state index contributed by atoms with van der Waals surface area (Å²) in [5.74, 6) is -0.360. The lowest BCUT2D eigenvalue weighted by molar-refractivity contribution is -0.384. The molecule has 0 aliphatic rings. The van der Waals surface area contributed by atoms with Crippen molar-refractivity contribution >= 4 is 11.6 Å². The average Bonchev–Trinajstić information content (AvgIpc) is 2.28. The number of nitrogens with zero attached hydrogens (tertiary/aromatic N) is 1. The molecule has 0 saturated carbocycles. The molecule has 0 saturated heterocycles. The summed E-state index contributed by atoms with van der Waals surface area (Å²) < 4.78 is 0. The number of nitro groups is 1. The van der Waals surface area contributed by atoms with Crippen LogP contribution in [0.4, 0.5) is 5.69 Å². The van der Waals surface area contributed by atoms with E-state index in [-0.39, 0.29) is 18.2 Å². The van der Waals surface area contributed by atoms with Crippen molar-refractivity contribution in [2.45, 2.75) is 26.3 Å². The number of benzene rings is 1. The van der Waals surface area contributed by atoms with Gasteiger partial charge in [0.05, 0.1) is 17.1 Å². The molecule has 1 aromatic carbocycles. The quantitative estimate of drug-likeness (QED) is 0.625. The first-order valence-electron chi connectivity index (χ1n) is 5.45. The molecule has 6 heteroatoms. The first-order chi connectivity index (χ1) is 8.26. The van der Waals surface area contributed by atoms with Crippen LogP contribution in [-0.4, -0.2) is 28.1 Å². The third-order valence-corrected chi connectivity index (χ3v) is 2.51. The van der Waals surface area contributed by atoms with Crippen molar-refractivity contribution in [3.05, 3.63) is 39.4 Å². The second-order valence-electron chi connectivity index (χ2n) is 4.75. The third-order valence-electron chi connectivity index (χ3n) is 2.51. The number of carbonyl (C=O) groups is 1. The summed E-state index contributed by atoms with van der Waals surface area (Å²) in [6, 6.07) is 4.05. The van der Waals surface area contributed by atoms with Crippen molar-refractivity contribution in [1.29, 1.82) is 0 Å². The molecule has 0 bridgehead atoms. The zero-order valence-electron chi connectivity index (χ0n) is 10.6. The molecule has 18 heavy (non-hydrogen) atoms. The molecule has 98 valence electrons. The lowest BCUT2D eigenvalue weighted by Gasteiger charge is -2.23. The van der Waals surface area contributed by atoms with Gasteiger partial charge in [0.1, 0.15) is 0 Å². The third kappa shape index (κ3) is 3.27. The Morgan fingerprint density at radius 3 is 2.56 bits per heavy atom. The van der Waals surface area contributed by atoms with E-state index in [9.17, 15) is 14.9 Å². The smallest absolute Gasteiger partial charge is 0.269 e. The number of amides is 1. The van der Waals surface area contributed by atoms with Gasteiger partial charge in [0.2, 0.25) is 0 Å². The van der Waals surface area contributed by atoms with Crippen LogP contribution in [0.5, 0.6) is 0 Å². The number of carbonyl (C=O) groups excluding carboxylic acids is 1. The summed E-state index contributed by atoms with van der Waals surface area (Å²) in [5.41, 5.74) is 0.105. The second kappa shape index (κ2) is 5.14. The van der Waals surface area contributed by atoms with E-state index >= 15 is 0 Å². The van der Waals surface area contributed by atoms with Crippen molar-refractivity contribution in [2.75, 3.05) is 6.61 Å². The predicted molar refractivity (Wildman–Crippen MR) is 66.5 cm³/mol. The SMILES string of the molecule is Cc1cc([N+](=O)[O-])ccc1C(=O)NC(C)(C)CO. The van der Waals surface area contributed by atoms with Gasteiger partial charge in [-0.25, -0.2) is 0 Å². The van der Waals surface area contributed by atoms with Crippen LogP contribution in [0.25, 0.3) is 0 Å². The fourth-order valence-electron chi connectivity index (χ4n) is 1.43. The molecule has 0 aromatic heterocycles. The molecule has 0 unspecified atom stereocenters. The molecule has 2 N–H and O–H groups in total. The minimum atomic E-state index is -0.731. The lowest BCUT2D eigenvalue weighted by atomic mass is 10.0. The number of nitrogens with one attached hydrogen (secondary N) is 1. The first kappa shape index (κ1) is 14.1. The minimum Gasteiger partial charge on any atom is -0.394 e. The maximum atomic E-state index is 11.9. The monoisotopic (exact) mass is 252 g/mol. The number of aryl methyl sites for hydroxylation is 1. The molecule has 0 aliphatic heterocycles. The molecule has 1 rings (SSSR count). The summed E-state index contributed by atoms with van der Waals surface area (Å²) in [5, 5.41) is 22.3. The van der Waals surface area contributed by atoms with Crippen LogP contribution in [0.3, 0.4) is 0 Å². The van der Waals surface area contributed by atoms with Gasteiger partial charge in [0, 0.05) is 17.7 Å². The van der Waals surface area contributed by atoms with Gasteiger partial charge in [-0.1, -0.05) is 0 Å². The van der Waals surface area contributed by atoms with Gasteiger partial charge in [-0.05, 0) is 32.4 Å². The number of rotatable bonds is 4. The molecule has 6 nitrogen and oxygen atoms in total. The van der Waals surface area contributed by atoms with E-state index in [0.29, 0.717) is 11.1 Å². The fraction of sp³-hybridized carbons (Fsp3) is 0.417. The van der Waals surface area contributed by atoms with E-state index in [1.807, 2.05) is 0 Å². The van der Waals surface area contributed by atoms with Crippen LogP contribution in [0.2, 0.25) is 0 Å². The Kier molecular flexibility index (Phi) is 4.03. The molecular formula is C12H16N2O4. The van der Waals surface area contributed by atoms with Crippen molar-refractivity contribution in [3.63, 3.8) is 0 Å². The summed E-state index contributed by atoms with van der Waals surface area (Å²) >= 11 is 0. The zero-order valence-corrected chi connectivity index (χ0v) is 10.6. The normalized spacial score (nSPS) is 11.1. The number of hydrogen-bond donors (Lipinski definition) is 2. The van der Waals surface area contributed by atoms with E-state index in [2.05, 4.69) is 5.32 Å². The van der Waals surface area contributed by atoms with Gasteiger partial charge in [-0.3, -0.25) is 14.9 Å². The fourth-order valence-corrected chi connectivity index (χ4v) is 1.43. The topological polar surface area (TPSA) is 92.5 Å². The highest BCUT2D eigenvalue weighted by atomic mass is 16.6. The highest BCUT2D eigenvalue weighted by Gasteiger charge is 2.21. The second-order valence-corrected chi connectivity index (χ2v) is 4.75. The van der Waals surface area contributed by atoms with Gasteiger partial charge >= 0.3 is 0 Å². The summed E-state index contributed by atoms with van der Waals surface area (Å²) in [4.78, 5) is 22.0. The number of aliphatic hydroxyl groups excluding tert-OH is 1. The van der Waals surface area contributed by atoms with Crippen molar-refractivity contribution in [1.82, 2.24) is 5.32 Å². The molecule has 1 aromatic rings. The van der Waals surface area contributed by atoms with Crippen molar-refractivity contribution in [2.24, 2.45) is 0 Å². The minimum absolute atomic E-state index is 0.0505. The number of aliphatic hydroxyl groups is 1. The first-order valence-corrected chi connectivity index (χ1v) is 5.45. The summed E-state index contributed by atoms with van der Waals surface area (Å²) in [7, 11) is 0. The largest absolute Gasteiger partial charge is 0.394 e. The van der Waals surface area contributed by atoms with Crippen LogP contribution in [-0.2, 0) is 0 Å². The number of non-ortho nitro benzene ring substituents is 1.